The molecule has 0 saturated heterocycles. The first-order valence-corrected chi connectivity index (χ1v) is 6.77. The quantitative estimate of drug-likeness (QED) is 0.879. The van der Waals surface area contributed by atoms with Crippen LogP contribution in [0, 0.1) is 5.82 Å². The van der Waals surface area contributed by atoms with Gasteiger partial charge in [0.25, 0.3) is 0 Å². The zero-order valence-corrected chi connectivity index (χ0v) is 11.1. The van der Waals surface area contributed by atoms with Gasteiger partial charge in [-0.2, -0.15) is 4.98 Å². The van der Waals surface area contributed by atoms with Gasteiger partial charge in [-0.05, 0) is 18.4 Å². The summed E-state index contributed by atoms with van der Waals surface area (Å²) in [5.41, 5.74) is 1.19. The first-order chi connectivity index (χ1) is 9.81. The van der Waals surface area contributed by atoms with Crippen molar-refractivity contribution in [3.8, 4) is 6.01 Å². The molecule has 0 atom stereocenters. The highest BCUT2D eigenvalue weighted by Crippen LogP contribution is 2.25. The Balaban J connectivity index is 1.56. The summed E-state index contributed by atoms with van der Waals surface area (Å²) < 4.78 is 19.0. The predicted octanol–water partition coefficient (Wildman–Crippen LogP) is 2.81. The second-order valence-corrected chi connectivity index (χ2v) is 4.85. The lowest BCUT2D eigenvalue weighted by atomic mass is 10.2. The molecule has 0 bridgehead atoms. The number of nitrogens with one attached hydrogen (secondary N) is 1. The molecule has 20 heavy (non-hydrogen) atoms. The number of benzene rings is 1. The van der Waals surface area contributed by atoms with Crippen molar-refractivity contribution in [1.29, 1.82) is 0 Å². The fourth-order valence-corrected chi connectivity index (χ4v) is 1.85. The molecule has 5 heteroatoms. The first kappa shape index (κ1) is 12.8. The molecule has 1 aliphatic rings. The van der Waals surface area contributed by atoms with Gasteiger partial charge >= 0.3 is 6.01 Å². The predicted molar refractivity (Wildman–Crippen MR) is 74.3 cm³/mol. The van der Waals surface area contributed by atoms with Crippen LogP contribution in [0.4, 0.5) is 10.2 Å². The molecule has 1 aliphatic carbocycles. The number of rotatable bonds is 6. The van der Waals surface area contributed by atoms with Crippen molar-refractivity contribution in [2.75, 3.05) is 11.9 Å². The maximum absolute atomic E-state index is 13.5. The first-order valence-electron chi connectivity index (χ1n) is 6.77. The van der Waals surface area contributed by atoms with Crippen molar-refractivity contribution >= 4 is 5.82 Å². The Labute approximate surface area is 117 Å². The summed E-state index contributed by atoms with van der Waals surface area (Å²) in [6.07, 6.45) is 4.05. The zero-order chi connectivity index (χ0) is 13.8. The van der Waals surface area contributed by atoms with Crippen molar-refractivity contribution in [1.82, 2.24) is 9.97 Å². The summed E-state index contributed by atoms with van der Waals surface area (Å²) in [4.78, 5) is 7.91. The Morgan fingerprint density at radius 1 is 1.25 bits per heavy atom. The van der Waals surface area contributed by atoms with Crippen LogP contribution in [-0.4, -0.2) is 22.6 Å². The molecule has 4 nitrogen and oxygen atoms in total. The molecule has 1 heterocycles. The van der Waals surface area contributed by atoms with Crippen LogP contribution in [0.25, 0.3) is 0 Å². The SMILES string of the molecule is Fc1cnc(OCCc2ccccc2)nc1NC1CC1. The molecule has 1 fully saturated rings. The molecular formula is C15H16FN3O. The molecule has 0 unspecified atom stereocenters. The van der Waals surface area contributed by atoms with Crippen molar-refractivity contribution in [3.05, 3.63) is 47.9 Å². The third-order valence-corrected chi connectivity index (χ3v) is 3.10. The average molecular weight is 273 g/mol. The highest BCUT2D eigenvalue weighted by atomic mass is 19.1. The van der Waals surface area contributed by atoms with Gasteiger partial charge in [0.15, 0.2) is 11.6 Å². The summed E-state index contributed by atoms with van der Waals surface area (Å²) in [5.74, 6) is -0.204. The van der Waals surface area contributed by atoms with Crippen LogP contribution in [0.1, 0.15) is 18.4 Å². The van der Waals surface area contributed by atoms with E-state index in [0.29, 0.717) is 12.6 Å². The van der Waals surface area contributed by atoms with Crippen LogP contribution in [-0.2, 0) is 6.42 Å². The molecule has 3 rings (SSSR count). The molecule has 1 aromatic heterocycles. The fraction of sp³-hybridized carbons (Fsp3) is 0.333. The van der Waals surface area contributed by atoms with E-state index in [1.54, 1.807) is 0 Å². The Kier molecular flexibility index (Phi) is 3.76. The van der Waals surface area contributed by atoms with E-state index in [9.17, 15) is 4.39 Å². The summed E-state index contributed by atoms with van der Waals surface area (Å²) in [5, 5.41) is 3.03. The molecule has 104 valence electrons. The van der Waals surface area contributed by atoms with Crippen LogP contribution in [0.2, 0.25) is 0 Å². The molecule has 1 saturated carbocycles. The Bertz CT molecular complexity index is 573. The smallest absolute Gasteiger partial charge is 0.318 e. The maximum Gasteiger partial charge on any atom is 0.318 e. The van der Waals surface area contributed by atoms with E-state index in [-0.39, 0.29) is 11.8 Å². The molecule has 0 radical (unpaired) electrons. The average Bonchev–Trinajstić information content (AvgIpc) is 3.28. The van der Waals surface area contributed by atoms with Crippen LogP contribution >= 0.6 is 0 Å². The Morgan fingerprint density at radius 2 is 2.05 bits per heavy atom. The number of halogens is 1. The normalized spacial score (nSPS) is 14.1. The minimum Gasteiger partial charge on any atom is -0.463 e. The summed E-state index contributed by atoms with van der Waals surface area (Å²) >= 11 is 0. The van der Waals surface area contributed by atoms with Gasteiger partial charge in [0, 0.05) is 12.5 Å². The monoisotopic (exact) mass is 273 g/mol. The van der Waals surface area contributed by atoms with E-state index in [1.807, 2.05) is 30.3 Å². The number of hydrogen-bond donors (Lipinski definition) is 1. The standard InChI is InChI=1S/C15H16FN3O/c16-13-10-17-15(19-14(13)18-12-6-7-12)20-9-8-11-4-2-1-3-5-11/h1-5,10,12H,6-9H2,(H,17,18,19). The second-order valence-electron chi connectivity index (χ2n) is 4.85. The van der Waals surface area contributed by atoms with Crippen molar-refractivity contribution < 1.29 is 9.13 Å². The van der Waals surface area contributed by atoms with Gasteiger partial charge in [0.05, 0.1) is 12.8 Å². The van der Waals surface area contributed by atoms with Gasteiger partial charge in [-0.3, -0.25) is 0 Å². The summed E-state index contributed by atoms with van der Waals surface area (Å²) in [7, 11) is 0. The molecule has 1 N–H and O–H groups in total. The maximum atomic E-state index is 13.5. The largest absolute Gasteiger partial charge is 0.463 e. The molecular weight excluding hydrogens is 257 g/mol. The molecule has 0 aliphatic heterocycles. The summed E-state index contributed by atoms with van der Waals surface area (Å²) in [6, 6.07) is 10.6. The summed E-state index contributed by atoms with van der Waals surface area (Å²) in [6.45, 7) is 0.471. The molecule has 0 amide bonds. The van der Waals surface area contributed by atoms with Crippen LogP contribution in [0.15, 0.2) is 36.5 Å². The van der Waals surface area contributed by atoms with E-state index in [1.165, 1.54) is 5.56 Å². The van der Waals surface area contributed by atoms with Gasteiger partial charge in [-0.15, -0.1) is 0 Å². The number of nitrogens with zero attached hydrogens (tertiary/aromatic N) is 2. The van der Waals surface area contributed by atoms with Gasteiger partial charge in [-0.25, -0.2) is 9.37 Å². The van der Waals surface area contributed by atoms with Crippen LogP contribution in [0.5, 0.6) is 6.01 Å². The van der Waals surface area contributed by atoms with Gasteiger partial charge in [0.1, 0.15) is 0 Å². The number of anilines is 1. The van der Waals surface area contributed by atoms with E-state index >= 15 is 0 Å². The Morgan fingerprint density at radius 3 is 2.80 bits per heavy atom. The highest BCUT2D eigenvalue weighted by Gasteiger charge is 2.23. The third kappa shape index (κ3) is 3.44. The lowest BCUT2D eigenvalue weighted by Gasteiger charge is -2.08. The number of aromatic nitrogens is 2. The van der Waals surface area contributed by atoms with E-state index < -0.39 is 5.82 Å². The van der Waals surface area contributed by atoms with Gasteiger partial charge < -0.3 is 10.1 Å². The van der Waals surface area contributed by atoms with Crippen molar-refractivity contribution in [2.45, 2.75) is 25.3 Å². The van der Waals surface area contributed by atoms with Crippen molar-refractivity contribution in [3.63, 3.8) is 0 Å². The third-order valence-electron chi connectivity index (χ3n) is 3.10. The molecule has 2 aromatic rings. The lowest BCUT2D eigenvalue weighted by molar-refractivity contribution is 0.295. The number of hydrogen-bond acceptors (Lipinski definition) is 4. The second kappa shape index (κ2) is 5.86. The molecule has 1 aromatic carbocycles. The van der Waals surface area contributed by atoms with Gasteiger partial charge in [0.2, 0.25) is 0 Å². The minimum atomic E-state index is -0.438. The van der Waals surface area contributed by atoms with E-state index in [4.69, 9.17) is 4.74 Å². The van der Waals surface area contributed by atoms with Gasteiger partial charge in [-0.1, -0.05) is 30.3 Å². The van der Waals surface area contributed by atoms with Crippen molar-refractivity contribution in [2.24, 2.45) is 0 Å². The van der Waals surface area contributed by atoms with Crippen LogP contribution < -0.4 is 10.1 Å². The lowest BCUT2D eigenvalue weighted by Crippen LogP contribution is -2.09. The fourth-order valence-electron chi connectivity index (χ4n) is 1.85. The molecule has 0 spiro atoms. The van der Waals surface area contributed by atoms with E-state index in [2.05, 4.69) is 15.3 Å². The highest BCUT2D eigenvalue weighted by molar-refractivity contribution is 5.38. The minimum absolute atomic E-state index is 0.213. The van der Waals surface area contributed by atoms with Crippen LogP contribution in [0.3, 0.4) is 0 Å². The van der Waals surface area contributed by atoms with E-state index in [0.717, 1.165) is 25.5 Å². The number of ether oxygens (including phenoxy) is 1. The topological polar surface area (TPSA) is 47.0 Å². The Hall–Kier alpha value is -2.17. The zero-order valence-electron chi connectivity index (χ0n) is 11.1.